The van der Waals surface area contributed by atoms with E-state index >= 15 is 0 Å². The van der Waals surface area contributed by atoms with Crippen molar-refractivity contribution in [2.45, 2.75) is 24.4 Å². The van der Waals surface area contributed by atoms with Crippen molar-refractivity contribution in [1.29, 1.82) is 0 Å². The molecule has 1 aliphatic rings. The van der Waals surface area contributed by atoms with Crippen molar-refractivity contribution >= 4 is 5.96 Å². The van der Waals surface area contributed by atoms with Crippen LogP contribution in [-0.4, -0.2) is 12.5 Å². The number of benzene rings is 1. The zero-order valence-electron chi connectivity index (χ0n) is 9.97. The molecule has 0 aromatic heterocycles. The van der Waals surface area contributed by atoms with Crippen LogP contribution in [0.3, 0.4) is 0 Å². The van der Waals surface area contributed by atoms with Crippen molar-refractivity contribution in [3.05, 3.63) is 35.1 Å². The molecule has 1 aliphatic carbocycles. The first-order valence-electron chi connectivity index (χ1n) is 5.67. The minimum absolute atomic E-state index is 0.126. The predicted octanol–water partition coefficient (Wildman–Crippen LogP) is 2.15. The third-order valence-electron chi connectivity index (χ3n) is 3.26. The second kappa shape index (κ2) is 4.40. The Labute approximate surface area is 107 Å². The zero-order valence-corrected chi connectivity index (χ0v) is 9.97. The van der Waals surface area contributed by atoms with Crippen LogP contribution in [0, 0.1) is 5.82 Å². The molecule has 0 bridgehead atoms. The van der Waals surface area contributed by atoms with E-state index in [2.05, 4.69) is 4.99 Å². The Morgan fingerprint density at radius 3 is 2.32 bits per heavy atom. The van der Waals surface area contributed by atoms with Crippen molar-refractivity contribution in [1.82, 2.24) is 0 Å². The van der Waals surface area contributed by atoms with E-state index in [0.29, 0.717) is 24.5 Å². The molecule has 0 heterocycles. The van der Waals surface area contributed by atoms with Crippen molar-refractivity contribution in [2.75, 3.05) is 6.54 Å². The third kappa shape index (κ3) is 2.97. The topological polar surface area (TPSA) is 64.4 Å². The molecule has 0 aliphatic heterocycles. The van der Waals surface area contributed by atoms with Gasteiger partial charge in [-0.1, -0.05) is 0 Å². The van der Waals surface area contributed by atoms with Gasteiger partial charge in [0.2, 0.25) is 0 Å². The summed E-state index contributed by atoms with van der Waals surface area (Å²) >= 11 is 0. The maximum absolute atomic E-state index is 13.3. The Kier molecular flexibility index (Phi) is 3.15. The van der Waals surface area contributed by atoms with Gasteiger partial charge in [-0.2, -0.15) is 13.2 Å². The Morgan fingerprint density at radius 2 is 1.84 bits per heavy atom. The lowest BCUT2D eigenvalue weighted by Crippen LogP contribution is -2.25. The number of aliphatic imine (C=N–C) groups is 1. The first-order chi connectivity index (χ1) is 8.73. The number of hydrogen-bond acceptors (Lipinski definition) is 1. The molecule has 1 fully saturated rings. The van der Waals surface area contributed by atoms with Crippen LogP contribution >= 0.6 is 0 Å². The summed E-state index contributed by atoms with van der Waals surface area (Å²) in [6, 6.07) is 2.57. The smallest absolute Gasteiger partial charge is 0.370 e. The zero-order chi connectivity index (χ0) is 14.3. The fraction of sp³-hybridized carbons (Fsp3) is 0.417. The van der Waals surface area contributed by atoms with Crippen molar-refractivity contribution < 1.29 is 17.6 Å². The van der Waals surface area contributed by atoms with Gasteiger partial charge in [0.15, 0.2) is 5.96 Å². The highest BCUT2D eigenvalue weighted by Gasteiger charge is 2.45. The van der Waals surface area contributed by atoms with E-state index in [9.17, 15) is 17.6 Å². The molecule has 0 unspecified atom stereocenters. The highest BCUT2D eigenvalue weighted by Crippen LogP contribution is 2.49. The largest absolute Gasteiger partial charge is 0.416 e. The van der Waals surface area contributed by atoms with Crippen LogP contribution in [0.15, 0.2) is 23.2 Å². The molecule has 0 radical (unpaired) electrons. The van der Waals surface area contributed by atoms with Crippen LogP contribution in [0.4, 0.5) is 17.6 Å². The minimum Gasteiger partial charge on any atom is -0.370 e. The molecule has 7 heteroatoms. The average Bonchev–Trinajstić information content (AvgIpc) is 3.05. The van der Waals surface area contributed by atoms with Crippen LogP contribution in [0.5, 0.6) is 0 Å². The molecule has 0 spiro atoms. The van der Waals surface area contributed by atoms with Crippen LogP contribution in [0.2, 0.25) is 0 Å². The molecule has 3 nitrogen and oxygen atoms in total. The highest BCUT2D eigenvalue weighted by atomic mass is 19.4. The molecular formula is C12H13F4N3. The van der Waals surface area contributed by atoms with E-state index in [0.717, 1.165) is 12.1 Å². The number of halogens is 4. The number of alkyl halides is 3. The lowest BCUT2D eigenvalue weighted by Gasteiger charge is -2.16. The number of nitrogens with two attached hydrogens (primary N) is 2. The highest BCUT2D eigenvalue weighted by molar-refractivity contribution is 5.75. The standard InChI is InChI=1S/C12H13F4N3/c13-9-4-7(3-8(5-9)12(14,15)16)11(1-2-11)6-19-10(17)18/h3-5H,1-2,6H2,(H4,17,18,19). The van der Waals surface area contributed by atoms with Crippen LogP contribution in [0.1, 0.15) is 24.0 Å². The summed E-state index contributed by atoms with van der Waals surface area (Å²) in [7, 11) is 0. The Bertz CT molecular complexity index is 514. The van der Waals surface area contributed by atoms with Crippen LogP contribution in [-0.2, 0) is 11.6 Å². The van der Waals surface area contributed by atoms with Gasteiger partial charge in [0, 0.05) is 5.41 Å². The first kappa shape index (κ1) is 13.6. The van der Waals surface area contributed by atoms with Crippen molar-refractivity contribution in [2.24, 2.45) is 16.5 Å². The van der Waals surface area contributed by atoms with E-state index < -0.39 is 23.0 Å². The van der Waals surface area contributed by atoms with E-state index in [1.165, 1.54) is 0 Å². The first-order valence-corrected chi connectivity index (χ1v) is 5.67. The van der Waals surface area contributed by atoms with E-state index in [4.69, 9.17) is 11.5 Å². The van der Waals surface area contributed by atoms with Gasteiger partial charge in [0.25, 0.3) is 0 Å². The predicted molar refractivity (Wildman–Crippen MR) is 63.0 cm³/mol. The molecule has 0 saturated heterocycles. The molecule has 1 aromatic carbocycles. The summed E-state index contributed by atoms with van der Waals surface area (Å²) in [5, 5.41) is 0. The van der Waals surface area contributed by atoms with Gasteiger partial charge in [0.05, 0.1) is 12.1 Å². The number of nitrogens with zero attached hydrogens (tertiary/aromatic N) is 1. The molecular weight excluding hydrogens is 262 g/mol. The van der Waals surface area contributed by atoms with Crippen molar-refractivity contribution in [3.63, 3.8) is 0 Å². The van der Waals surface area contributed by atoms with Gasteiger partial charge in [0.1, 0.15) is 5.82 Å². The Morgan fingerprint density at radius 1 is 1.21 bits per heavy atom. The van der Waals surface area contributed by atoms with Gasteiger partial charge in [-0.15, -0.1) is 0 Å². The summed E-state index contributed by atoms with van der Waals surface area (Å²) in [6.07, 6.45) is -3.28. The molecule has 1 aromatic rings. The van der Waals surface area contributed by atoms with Crippen molar-refractivity contribution in [3.8, 4) is 0 Å². The van der Waals surface area contributed by atoms with Gasteiger partial charge in [-0.3, -0.25) is 4.99 Å². The van der Waals surface area contributed by atoms with Gasteiger partial charge in [-0.05, 0) is 36.6 Å². The van der Waals surface area contributed by atoms with Gasteiger partial charge < -0.3 is 11.5 Å². The monoisotopic (exact) mass is 275 g/mol. The fourth-order valence-electron chi connectivity index (χ4n) is 1.99. The lowest BCUT2D eigenvalue weighted by atomic mass is 9.94. The Hall–Kier alpha value is -1.79. The molecule has 1 saturated carbocycles. The van der Waals surface area contributed by atoms with Crippen LogP contribution in [0.25, 0.3) is 0 Å². The minimum atomic E-state index is -4.57. The van der Waals surface area contributed by atoms with Gasteiger partial charge >= 0.3 is 6.18 Å². The maximum Gasteiger partial charge on any atom is 0.416 e. The summed E-state index contributed by atoms with van der Waals surface area (Å²) in [5.74, 6) is -1.03. The number of rotatable bonds is 3. The third-order valence-corrected chi connectivity index (χ3v) is 3.26. The normalized spacial score (nSPS) is 17.1. The van der Waals surface area contributed by atoms with E-state index in [1.54, 1.807) is 0 Å². The summed E-state index contributed by atoms with van der Waals surface area (Å²) in [5.41, 5.74) is 9.16. The van der Waals surface area contributed by atoms with Gasteiger partial charge in [-0.25, -0.2) is 4.39 Å². The van der Waals surface area contributed by atoms with Crippen LogP contribution < -0.4 is 11.5 Å². The second-order valence-electron chi connectivity index (χ2n) is 4.75. The molecule has 2 rings (SSSR count). The maximum atomic E-state index is 13.3. The summed E-state index contributed by atoms with van der Waals surface area (Å²) in [6.45, 7) is 0.177. The second-order valence-corrected chi connectivity index (χ2v) is 4.75. The molecule has 0 amide bonds. The fourth-order valence-corrected chi connectivity index (χ4v) is 1.99. The molecule has 0 atom stereocenters. The molecule has 19 heavy (non-hydrogen) atoms. The molecule has 104 valence electrons. The molecule has 4 N–H and O–H groups in total. The average molecular weight is 275 g/mol. The number of hydrogen-bond donors (Lipinski definition) is 2. The van der Waals surface area contributed by atoms with E-state index in [1.807, 2.05) is 0 Å². The number of guanidine groups is 1. The lowest BCUT2D eigenvalue weighted by molar-refractivity contribution is -0.137. The quantitative estimate of drug-likeness (QED) is 0.504. The van der Waals surface area contributed by atoms with E-state index in [-0.39, 0.29) is 12.5 Å². The summed E-state index contributed by atoms with van der Waals surface area (Å²) < 4.78 is 51.2. The Balaban J connectivity index is 2.35. The summed E-state index contributed by atoms with van der Waals surface area (Å²) in [4.78, 5) is 3.83. The SMILES string of the molecule is NC(N)=NCC1(c2cc(F)cc(C(F)(F)F)c2)CC1.